The summed E-state index contributed by atoms with van der Waals surface area (Å²) in [6.07, 6.45) is 1.20. The van der Waals surface area contributed by atoms with Crippen molar-refractivity contribution in [1.82, 2.24) is 14.9 Å². The number of anilines is 2. The van der Waals surface area contributed by atoms with Crippen molar-refractivity contribution in [2.75, 3.05) is 37.4 Å². The fourth-order valence-corrected chi connectivity index (χ4v) is 4.32. The highest BCUT2D eigenvalue weighted by Crippen LogP contribution is 2.32. The number of benzene rings is 1. The van der Waals surface area contributed by atoms with Crippen LogP contribution in [0.2, 0.25) is 0 Å². The molecule has 2 heterocycles. The Morgan fingerprint density at radius 1 is 1.47 bits per heavy atom. The van der Waals surface area contributed by atoms with Gasteiger partial charge in [0.1, 0.15) is 0 Å². The number of H-pyrrole nitrogens is 1. The second-order valence-electron chi connectivity index (χ2n) is 7.54. The number of carbonyl (C=O) groups is 1. The molecule has 1 fully saturated rings. The standard InChI is InChI=1S/C21H26N6O2S/c1-14(8-10-22)30-18-7-5-4-6-16(18)24-21(29)27-11-9-15(13-27)17-12-19(28)25-20(23-17)26(2)3/h4-7,12,14-15H,8-9,11,13H2,1-3H3,(H,24,29)(H,23,25,28). The van der Waals surface area contributed by atoms with Crippen LogP contribution in [0.1, 0.15) is 31.4 Å². The Balaban J connectivity index is 1.68. The molecule has 0 saturated carbocycles. The summed E-state index contributed by atoms with van der Waals surface area (Å²) in [7, 11) is 3.65. The molecule has 8 nitrogen and oxygen atoms in total. The number of nitrogens with one attached hydrogen (secondary N) is 2. The maximum atomic E-state index is 12.9. The number of hydrogen-bond acceptors (Lipinski definition) is 6. The maximum Gasteiger partial charge on any atom is 0.321 e. The smallest absolute Gasteiger partial charge is 0.321 e. The van der Waals surface area contributed by atoms with Gasteiger partial charge < -0.3 is 15.1 Å². The molecule has 2 aromatic rings. The molecule has 30 heavy (non-hydrogen) atoms. The first-order chi connectivity index (χ1) is 14.4. The quantitative estimate of drug-likeness (QED) is 0.687. The highest BCUT2D eigenvalue weighted by molar-refractivity contribution is 8.00. The third-order valence-corrected chi connectivity index (χ3v) is 6.08. The number of nitriles is 1. The summed E-state index contributed by atoms with van der Waals surface area (Å²) in [6.45, 7) is 3.10. The molecule has 0 aliphatic carbocycles. The van der Waals surface area contributed by atoms with E-state index in [-0.39, 0.29) is 22.8 Å². The molecule has 1 saturated heterocycles. The first-order valence-corrected chi connectivity index (χ1v) is 10.7. The maximum absolute atomic E-state index is 12.9. The second kappa shape index (κ2) is 9.67. The fraction of sp³-hybridized carbons (Fsp3) is 0.429. The lowest BCUT2D eigenvalue weighted by atomic mass is 10.1. The van der Waals surface area contributed by atoms with E-state index in [4.69, 9.17) is 5.26 Å². The topological polar surface area (TPSA) is 105 Å². The van der Waals surface area contributed by atoms with E-state index in [0.29, 0.717) is 31.2 Å². The highest BCUT2D eigenvalue weighted by Gasteiger charge is 2.29. The molecule has 2 amide bonds. The van der Waals surface area contributed by atoms with Crippen LogP contribution in [0.15, 0.2) is 40.0 Å². The molecule has 2 unspecified atom stereocenters. The highest BCUT2D eigenvalue weighted by atomic mass is 32.2. The number of carbonyl (C=O) groups excluding carboxylic acids is 1. The van der Waals surface area contributed by atoms with E-state index >= 15 is 0 Å². The summed E-state index contributed by atoms with van der Waals surface area (Å²) >= 11 is 1.57. The summed E-state index contributed by atoms with van der Waals surface area (Å²) < 4.78 is 0. The van der Waals surface area contributed by atoms with Crippen molar-refractivity contribution >= 4 is 29.4 Å². The van der Waals surface area contributed by atoms with E-state index in [1.165, 1.54) is 6.07 Å². The number of likely N-dealkylation sites (tertiary alicyclic amines) is 1. The number of nitrogens with zero attached hydrogens (tertiary/aromatic N) is 4. The fourth-order valence-electron chi connectivity index (χ4n) is 3.32. The molecule has 1 aliphatic heterocycles. The molecule has 0 radical (unpaired) electrons. The molecule has 9 heteroatoms. The van der Waals surface area contributed by atoms with Crippen molar-refractivity contribution in [3.63, 3.8) is 0 Å². The van der Waals surface area contributed by atoms with Gasteiger partial charge in [0, 0.05) is 55.7 Å². The monoisotopic (exact) mass is 426 g/mol. The molecule has 1 aliphatic rings. The van der Waals surface area contributed by atoms with Crippen molar-refractivity contribution in [3.05, 3.63) is 46.4 Å². The summed E-state index contributed by atoms with van der Waals surface area (Å²) in [4.78, 5) is 36.5. The van der Waals surface area contributed by atoms with Crippen LogP contribution in [0.5, 0.6) is 0 Å². The number of aromatic nitrogens is 2. The molecule has 2 atom stereocenters. The Labute approximate surface area is 180 Å². The first kappa shape index (κ1) is 21.7. The van der Waals surface area contributed by atoms with Gasteiger partial charge in [-0.25, -0.2) is 9.78 Å². The summed E-state index contributed by atoms with van der Waals surface area (Å²) in [6, 6.07) is 11.1. The number of amides is 2. The average Bonchev–Trinajstić information content (AvgIpc) is 3.19. The van der Waals surface area contributed by atoms with E-state index < -0.39 is 0 Å². The van der Waals surface area contributed by atoms with Gasteiger partial charge in [-0.05, 0) is 18.6 Å². The zero-order valence-corrected chi connectivity index (χ0v) is 18.2. The minimum absolute atomic E-state index is 0.0250. The van der Waals surface area contributed by atoms with Gasteiger partial charge in [0.15, 0.2) is 0 Å². The Morgan fingerprint density at radius 3 is 2.97 bits per heavy atom. The zero-order valence-electron chi connectivity index (χ0n) is 17.4. The third kappa shape index (κ3) is 5.33. The lowest BCUT2D eigenvalue weighted by Gasteiger charge is -2.19. The van der Waals surface area contributed by atoms with Gasteiger partial charge in [-0.1, -0.05) is 19.1 Å². The number of urea groups is 1. The Bertz CT molecular complexity index is 999. The van der Waals surface area contributed by atoms with Crippen LogP contribution < -0.4 is 15.8 Å². The van der Waals surface area contributed by atoms with Crippen LogP contribution in [0.25, 0.3) is 0 Å². The molecule has 3 rings (SSSR count). The van der Waals surface area contributed by atoms with Crippen LogP contribution >= 0.6 is 11.8 Å². The predicted molar refractivity (Wildman–Crippen MR) is 119 cm³/mol. The molecule has 0 spiro atoms. The van der Waals surface area contributed by atoms with Gasteiger partial charge in [0.2, 0.25) is 5.95 Å². The molecule has 1 aromatic carbocycles. The van der Waals surface area contributed by atoms with Gasteiger partial charge >= 0.3 is 6.03 Å². The lowest BCUT2D eigenvalue weighted by molar-refractivity contribution is 0.222. The van der Waals surface area contributed by atoms with E-state index in [1.54, 1.807) is 21.6 Å². The number of aromatic amines is 1. The number of rotatable bonds is 6. The van der Waals surface area contributed by atoms with Crippen molar-refractivity contribution in [1.29, 1.82) is 5.26 Å². The summed E-state index contributed by atoms with van der Waals surface area (Å²) in [5, 5.41) is 12.0. The normalized spacial score (nSPS) is 16.7. The number of hydrogen-bond donors (Lipinski definition) is 2. The van der Waals surface area contributed by atoms with Gasteiger partial charge in [0.25, 0.3) is 5.56 Å². The zero-order chi connectivity index (χ0) is 21.7. The van der Waals surface area contributed by atoms with Crippen molar-refractivity contribution in [2.45, 2.75) is 35.8 Å². The van der Waals surface area contributed by atoms with Crippen LogP contribution in [0, 0.1) is 11.3 Å². The molecular weight excluding hydrogens is 400 g/mol. The van der Waals surface area contributed by atoms with Crippen LogP contribution in [0.3, 0.4) is 0 Å². The summed E-state index contributed by atoms with van der Waals surface area (Å²) in [5.41, 5.74) is 1.26. The van der Waals surface area contributed by atoms with E-state index in [0.717, 1.165) is 17.0 Å². The van der Waals surface area contributed by atoms with Crippen molar-refractivity contribution in [2.24, 2.45) is 0 Å². The Kier molecular flexibility index (Phi) is 7.00. The first-order valence-electron chi connectivity index (χ1n) is 9.84. The lowest BCUT2D eigenvalue weighted by Crippen LogP contribution is -2.33. The molecular formula is C21H26N6O2S. The van der Waals surface area contributed by atoms with Gasteiger partial charge in [-0.15, -0.1) is 11.8 Å². The predicted octanol–water partition coefficient (Wildman–Crippen LogP) is 3.25. The average molecular weight is 427 g/mol. The molecule has 158 valence electrons. The molecule has 0 bridgehead atoms. The van der Waals surface area contributed by atoms with E-state index in [2.05, 4.69) is 21.4 Å². The minimum Gasteiger partial charge on any atom is -0.348 e. The summed E-state index contributed by atoms with van der Waals surface area (Å²) in [5.74, 6) is 0.537. The van der Waals surface area contributed by atoms with Crippen LogP contribution in [-0.4, -0.2) is 53.3 Å². The minimum atomic E-state index is -0.191. The molecule has 2 N–H and O–H groups in total. The number of para-hydroxylation sites is 1. The van der Waals surface area contributed by atoms with E-state index in [9.17, 15) is 9.59 Å². The van der Waals surface area contributed by atoms with Gasteiger partial charge in [-0.2, -0.15) is 5.26 Å². The second-order valence-corrected chi connectivity index (χ2v) is 9.02. The van der Waals surface area contributed by atoms with Crippen LogP contribution in [-0.2, 0) is 0 Å². The number of thioether (sulfide) groups is 1. The Morgan fingerprint density at radius 2 is 2.23 bits per heavy atom. The van der Waals surface area contributed by atoms with Crippen LogP contribution in [0.4, 0.5) is 16.4 Å². The van der Waals surface area contributed by atoms with Gasteiger partial charge in [-0.3, -0.25) is 9.78 Å². The van der Waals surface area contributed by atoms with Gasteiger partial charge in [0.05, 0.1) is 17.5 Å². The van der Waals surface area contributed by atoms with Crippen molar-refractivity contribution in [3.8, 4) is 6.07 Å². The third-order valence-electron chi connectivity index (χ3n) is 4.90. The molecule has 1 aromatic heterocycles. The van der Waals surface area contributed by atoms with Crippen molar-refractivity contribution < 1.29 is 4.79 Å². The van der Waals surface area contributed by atoms with E-state index in [1.807, 2.05) is 45.3 Å². The largest absolute Gasteiger partial charge is 0.348 e. The SMILES string of the molecule is CC(CC#N)Sc1ccccc1NC(=O)N1CCC(c2cc(=O)[nH]c(N(C)C)n2)C1. The Hall–Kier alpha value is -2.99.